The minimum atomic E-state index is -4.73. The zero-order chi connectivity index (χ0) is 21.7. The molecule has 0 saturated heterocycles. The number of rotatable bonds is 7. The Morgan fingerprint density at radius 3 is 2.10 bits per heavy atom. The van der Waals surface area contributed by atoms with Gasteiger partial charge in [0.2, 0.25) is 0 Å². The van der Waals surface area contributed by atoms with Crippen molar-refractivity contribution < 1.29 is 32.2 Å². The van der Waals surface area contributed by atoms with Crippen LogP contribution in [0.1, 0.15) is 21.5 Å². The maximum Gasteiger partial charge on any atom is 0.573 e. The predicted molar refractivity (Wildman–Crippen MR) is 104 cm³/mol. The summed E-state index contributed by atoms with van der Waals surface area (Å²) in [6, 6.07) is 16.0. The second kappa shape index (κ2) is 8.86. The number of aryl methyl sites for hydroxylation is 2. The summed E-state index contributed by atoms with van der Waals surface area (Å²) in [4.78, 5) is 11.5. The first-order chi connectivity index (χ1) is 14.2. The van der Waals surface area contributed by atoms with Crippen molar-refractivity contribution in [2.75, 3.05) is 5.32 Å². The normalized spacial score (nSPS) is 11.2. The zero-order valence-electron chi connectivity index (χ0n) is 15.5. The minimum absolute atomic E-state index is 0.0664. The van der Waals surface area contributed by atoms with Gasteiger partial charge in [-0.05, 0) is 72.5 Å². The fourth-order valence-corrected chi connectivity index (χ4v) is 2.87. The number of carboxylic acids is 1. The van der Waals surface area contributed by atoms with Crippen molar-refractivity contribution in [3.8, 4) is 5.75 Å². The molecule has 0 aliphatic carbocycles. The topological polar surface area (TPSA) is 58.6 Å². The first kappa shape index (κ1) is 21.2. The molecule has 8 heteroatoms. The number of aromatic carboxylic acids is 1. The summed E-state index contributed by atoms with van der Waals surface area (Å²) in [5.41, 5.74) is 2.61. The fraction of sp³-hybridized carbons (Fsp3) is 0.136. The van der Waals surface area contributed by atoms with Crippen LogP contribution in [0.2, 0.25) is 0 Å². The summed E-state index contributed by atoms with van der Waals surface area (Å²) >= 11 is 0. The van der Waals surface area contributed by atoms with Gasteiger partial charge in [0.25, 0.3) is 0 Å². The number of nitrogens with one attached hydrogen (secondary N) is 1. The Morgan fingerprint density at radius 1 is 0.900 bits per heavy atom. The van der Waals surface area contributed by atoms with Gasteiger partial charge in [0.15, 0.2) is 0 Å². The van der Waals surface area contributed by atoms with Gasteiger partial charge in [-0.1, -0.05) is 18.2 Å². The van der Waals surface area contributed by atoms with Crippen molar-refractivity contribution in [3.63, 3.8) is 0 Å². The number of hydrogen-bond acceptors (Lipinski definition) is 3. The molecule has 3 aromatic rings. The minimum Gasteiger partial charge on any atom is -0.478 e. The fourth-order valence-electron chi connectivity index (χ4n) is 2.87. The summed E-state index contributed by atoms with van der Waals surface area (Å²) < 4.78 is 53.6. The highest BCUT2D eigenvalue weighted by Crippen LogP contribution is 2.25. The molecule has 30 heavy (non-hydrogen) atoms. The van der Waals surface area contributed by atoms with Gasteiger partial charge in [-0.3, -0.25) is 0 Å². The third kappa shape index (κ3) is 5.97. The Kier molecular flexibility index (Phi) is 6.25. The highest BCUT2D eigenvalue weighted by atomic mass is 19.4. The number of carbonyl (C=O) groups is 1. The number of anilines is 2. The SMILES string of the molecule is O=C(O)c1ccc(CCc2ccc(OC(F)(F)F)cc2)cc1Nc1ccc(F)cc1. The first-order valence-corrected chi connectivity index (χ1v) is 8.93. The molecule has 0 saturated carbocycles. The molecule has 3 aromatic carbocycles. The summed E-state index contributed by atoms with van der Waals surface area (Å²) in [6.07, 6.45) is -3.66. The molecule has 0 unspecified atom stereocenters. The number of benzene rings is 3. The molecule has 0 aromatic heterocycles. The van der Waals surface area contributed by atoms with Crippen LogP contribution in [-0.4, -0.2) is 17.4 Å². The molecule has 3 rings (SSSR count). The molecule has 0 fully saturated rings. The smallest absolute Gasteiger partial charge is 0.478 e. The molecule has 0 aliphatic heterocycles. The van der Waals surface area contributed by atoms with E-state index in [-0.39, 0.29) is 11.3 Å². The van der Waals surface area contributed by atoms with Gasteiger partial charge in [0.05, 0.1) is 11.3 Å². The number of hydrogen-bond donors (Lipinski definition) is 2. The largest absolute Gasteiger partial charge is 0.573 e. The standard InChI is InChI=1S/C22H17F4NO3/c23-16-6-8-17(9-7-16)27-20-13-15(5-12-19(20)21(28)29)2-1-14-3-10-18(11-4-14)30-22(24,25)26/h3-13,27H,1-2H2,(H,28,29). The number of ether oxygens (including phenoxy) is 1. The van der Waals surface area contributed by atoms with Gasteiger partial charge in [-0.15, -0.1) is 13.2 Å². The molecule has 0 amide bonds. The van der Waals surface area contributed by atoms with Crippen LogP contribution < -0.4 is 10.1 Å². The van der Waals surface area contributed by atoms with Gasteiger partial charge in [0.1, 0.15) is 11.6 Å². The van der Waals surface area contributed by atoms with Crippen molar-refractivity contribution in [2.24, 2.45) is 0 Å². The molecule has 0 spiro atoms. The second-order valence-corrected chi connectivity index (χ2v) is 6.51. The maximum atomic E-state index is 13.1. The predicted octanol–water partition coefficient (Wildman–Crippen LogP) is 5.95. The first-order valence-electron chi connectivity index (χ1n) is 8.93. The third-order valence-electron chi connectivity index (χ3n) is 4.30. The highest BCUT2D eigenvalue weighted by molar-refractivity contribution is 5.95. The van der Waals surface area contributed by atoms with E-state index >= 15 is 0 Å². The van der Waals surface area contributed by atoms with Crippen molar-refractivity contribution in [1.29, 1.82) is 0 Å². The van der Waals surface area contributed by atoms with Crippen LogP contribution in [0.15, 0.2) is 66.7 Å². The van der Waals surface area contributed by atoms with Crippen molar-refractivity contribution >= 4 is 17.3 Å². The number of carboxylic acid groups (broad SMARTS) is 1. The summed E-state index contributed by atoms with van der Waals surface area (Å²) in [7, 11) is 0. The van der Waals surface area contributed by atoms with Crippen LogP contribution in [0.5, 0.6) is 5.75 Å². The lowest BCUT2D eigenvalue weighted by Gasteiger charge is -2.12. The lowest BCUT2D eigenvalue weighted by Crippen LogP contribution is -2.17. The summed E-state index contributed by atoms with van der Waals surface area (Å²) in [5, 5.41) is 12.4. The van der Waals surface area contributed by atoms with E-state index in [2.05, 4.69) is 10.1 Å². The van der Waals surface area contributed by atoms with Gasteiger partial charge in [0, 0.05) is 5.69 Å². The van der Waals surface area contributed by atoms with Crippen LogP contribution in [0, 0.1) is 5.82 Å². The van der Waals surface area contributed by atoms with E-state index in [1.54, 1.807) is 24.3 Å². The molecule has 156 valence electrons. The Morgan fingerprint density at radius 2 is 1.50 bits per heavy atom. The summed E-state index contributed by atoms with van der Waals surface area (Å²) in [5.74, 6) is -1.80. The molecule has 2 N–H and O–H groups in total. The molecule has 0 bridgehead atoms. The zero-order valence-corrected chi connectivity index (χ0v) is 15.5. The second-order valence-electron chi connectivity index (χ2n) is 6.51. The Hall–Kier alpha value is -3.55. The van der Waals surface area contributed by atoms with E-state index in [9.17, 15) is 27.5 Å². The van der Waals surface area contributed by atoms with E-state index in [0.29, 0.717) is 24.2 Å². The quantitative estimate of drug-likeness (QED) is 0.465. The van der Waals surface area contributed by atoms with Crippen molar-refractivity contribution in [3.05, 3.63) is 89.2 Å². The van der Waals surface area contributed by atoms with Gasteiger partial charge in [-0.2, -0.15) is 0 Å². The highest BCUT2D eigenvalue weighted by Gasteiger charge is 2.30. The third-order valence-corrected chi connectivity index (χ3v) is 4.30. The van der Waals surface area contributed by atoms with Crippen LogP contribution in [0.4, 0.5) is 28.9 Å². The molecule has 0 heterocycles. The Balaban J connectivity index is 1.71. The van der Waals surface area contributed by atoms with Crippen molar-refractivity contribution in [1.82, 2.24) is 0 Å². The van der Waals surface area contributed by atoms with Gasteiger partial charge in [-0.25, -0.2) is 9.18 Å². The molecular formula is C22H17F4NO3. The molecule has 0 aliphatic rings. The molecule has 0 radical (unpaired) electrons. The lowest BCUT2D eigenvalue weighted by molar-refractivity contribution is -0.274. The van der Waals surface area contributed by atoms with Crippen molar-refractivity contribution in [2.45, 2.75) is 19.2 Å². The average Bonchev–Trinajstić information content (AvgIpc) is 2.68. The van der Waals surface area contributed by atoms with E-state index in [0.717, 1.165) is 11.1 Å². The Labute approximate surface area is 169 Å². The van der Waals surface area contributed by atoms with E-state index in [1.807, 2.05) is 0 Å². The van der Waals surface area contributed by atoms with E-state index in [4.69, 9.17) is 0 Å². The molecule has 0 atom stereocenters. The maximum absolute atomic E-state index is 13.1. The lowest BCUT2D eigenvalue weighted by atomic mass is 10.0. The van der Waals surface area contributed by atoms with Crippen LogP contribution in [-0.2, 0) is 12.8 Å². The van der Waals surface area contributed by atoms with Crippen LogP contribution >= 0.6 is 0 Å². The van der Waals surface area contributed by atoms with Gasteiger partial charge < -0.3 is 15.2 Å². The van der Waals surface area contributed by atoms with Crippen LogP contribution in [0.3, 0.4) is 0 Å². The number of alkyl halides is 3. The van der Waals surface area contributed by atoms with Crippen LogP contribution in [0.25, 0.3) is 0 Å². The summed E-state index contributed by atoms with van der Waals surface area (Å²) in [6.45, 7) is 0. The van der Waals surface area contributed by atoms with Gasteiger partial charge >= 0.3 is 12.3 Å². The molecule has 4 nitrogen and oxygen atoms in total. The molecular weight excluding hydrogens is 402 g/mol. The Bertz CT molecular complexity index is 1020. The average molecular weight is 419 g/mol. The monoisotopic (exact) mass is 419 g/mol. The number of halogens is 4. The van der Waals surface area contributed by atoms with E-state index in [1.165, 1.54) is 42.5 Å². The van der Waals surface area contributed by atoms with E-state index < -0.39 is 18.1 Å².